The van der Waals surface area contributed by atoms with Crippen LogP contribution in [0.2, 0.25) is 0 Å². The van der Waals surface area contributed by atoms with Gasteiger partial charge in [-0.1, -0.05) is 80.4 Å². The number of benzene rings is 2. The monoisotopic (exact) mass is 1150 g/mol. The van der Waals surface area contributed by atoms with Crippen LogP contribution in [0.5, 0.6) is 0 Å². The fraction of sp³-hybridized carbons (Fsp3) is 0.0526. The van der Waals surface area contributed by atoms with Crippen molar-refractivity contribution in [1.82, 2.24) is 29.9 Å². The third kappa shape index (κ3) is 26.3. The first-order valence-electron chi connectivity index (χ1n) is 16.5. The molecule has 0 spiro atoms. The van der Waals surface area contributed by atoms with E-state index in [-0.39, 0.29) is 19.5 Å². The van der Waals surface area contributed by atoms with E-state index in [0.29, 0.717) is 0 Å². The molecule has 0 aliphatic rings. The summed E-state index contributed by atoms with van der Waals surface area (Å²) < 4.78 is 120. The zero-order valence-electron chi connectivity index (χ0n) is 31.8. The normalized spacial score (nSPS) is 12.5. The van der Waals surface area contributed by atoms with Crippen LogP contribution in [0.4, 0.5) is 50.4 Å². The van der Waals surface area contributed by atoms with E-state index in [9.17, 15) is 50.4 Å². The Morgan fingerprint density at radius 2 is 0.603 bits per heavy atom. The van der Waals surface area contributed by atoms with Gasteiger partial charge in [0.05, 0.1) is 45.6 Å². The van der Waals surface area contributed by atoms with Crippen LogP contribution in [-0.2, 0) is 19.5 Å². The van der Waals surface area contributed by atoms with Crippen LogP contribution in [-0.4, -0.2) is 29.9 Å². The summed E-state index contributed by atoms with van der Waals surface area (Å²) in [6, 6.07) is 35.4. The Morgan fingerprint density at radius 3 is 0.794 bits per heavy atom. The van der Waals surface area contributed by atoms with Gasteiger partial charge in [0.25, 0.3) is 0 Å². The molecule has 0 saturated carbocycles. The van der Waals surface area contributed by atoms with Crippen LogP contribution in [0.1, 0.15) is 13.8 Å². The topological polar surface area (TPSA) is 125 Å². The van der Waals surface area contributed by atoms with Crippen LogP contribution in [0, 0.1) is 22.7 Å². The molecule has 6 aromatic heterocycles. The summed E-state index contributed by atoms with van der Waals surface area (Å²) in [6.45, 7) is 2.86. The van der Waals surface area contributed by atoms with E-state index < -0.39 is 15.6 Å². The third-order valence-corrected chi connectivity index (χ3v) is 7.38. The van der Waals surface area contributed by atoms with Gasteiger partial charge in [0.2, 0.25) is 0 Å². The van der Waals surface area contributed by atoms with Crippen molar-refractivity contribution >= 4 is 91.1 Å². The van der Waals surface area contributed by atoms with E-state index in [4.69, 9.17) is 10.5 Å². The minimum Gasteiger partial charge on any atom is -0.254 e. The Hall–Kier alpha value is -5.04. The molecule has 336 valence electrons. The van der Waals surface area contributed by atoms with Gasteiger partial charge < -0.3 is 0 Å². The number of halogens is 14. The average molecular weight is 1150 g/mol. The van der Waals surface area contributed by atoms with Crippen molar-refractivity contribution in [1.29, 1.82) is 10.5 Å². The maximum atomic E-state index is 9.87. The Labute approximate surface area is 380 Å². The zero-order chi connectivity index (χ0) is 47.0. The fourth-order valence-electron chi connectivity index (χ4n) is 4.45. The summed E-state index contributed by atoms with van der Waals surface area (Å²) >= 11 is 6.80. The minimum atomic E-state index is -10.7. The zero-order valence-corrected chi connectivity index (χ0v) is 38.5. The van der Waals surface area contributed by atoms with E-state index in [1.54, 1.807) is 49.3 Å². The number of nitriles is 2. The molecule has 0 radical (unpaired) electrons. The molecule has 0 amide bonds. The second-order valence-corrected chi connectivity index (χ2v) is 17.2. The number of aromatic nitrogens is 6. The van der Waals surface area contributed by atoms with Crippen molar-refractivity contribution in [2.24, 2.45) is 0 Å². The van der Waals surface area contributed by atoms with Crippen molar-refractivity contribution in [2.75, 3.05) is 0 Å². The van der Waals surface area contributed by atoms with Crippen LogP contribution in [0.15, 0.2) is 143 Å². The van der Waals surface area contributed by atoms with Gasteiger partial charge in [0, 0.05) is 81.5 Å². The SMILES string of the molecule is Brc1ccnc(-c2cc(Br)ccn2)c1.CC#N.CC#N.F[P-](F)(F)(F)(F)F.F[P-](F)(F)(F)(F)F.[Ru+2].c1cnc2c(c1)ccc1cccnc12.c1cnc2c(c1)ccc1cccnc12. The Bertz CT molecular complexity index is 2530. The molecule has 0 unspecified atom stereocenters. The van der Waals surface area contributed by atoms with Gasteiger partial charge >= 0.3 is 85.5 Å². The van der Waals surface area contributed by atoms with Gasteiger partial charge in [-0.25, -0.2) is 0 Å². The molecule has 0 saturated heterocycles. The van der Waals surface area contributed by atoms with Crippen molar-refractivity contribution in [3.8, 4) is 23.5 Å². The predicted octanol–water partition coefficient (Wildman–Crippen LogP) is 17.1. The molecule has 2 aromatic carbocycles. The van der Waals surface area contributed by atoms with Gasteiger partial charge in [0.15, 0.2) is 0 Å². The first-order valence-corrected chi connectivity index (χ1v) is 22.2. The summed E-state index contributed by atoms with van der Waals surface area (Å²) in [7, 11) is -21.3. The van der Waals surface area contributed by atoms with Crippen molar-refractivity contribution in [3.05, 3.63) is 143 Å². The van der Waals surface area contributed by atoms with E-state index in [0.717, 1.165) is 63.9 Å². The standard InChI is InChI=1S/2C12H8N2.C10H6Br2N2.2C2H3N.2F6P.Ru/c2*1-3-9-5-6-10-4-2-8-14-12(10)11(9)13-7-1;11-7-1-3-13-9(5-7)10-6-8(12)2-4-14-10;2*1-2-3;2*1-7(2,3,4,5)6;/h2*1-8H;1-6H;2*1H3;;;/q;;;;;2*-1;+2. The molecule has 0 aliphatic heterocycles. The smallest absolute Gasteiger partial charge is 0.254 e. The summed E-state index contributed by atoms with van der Waals surface area (Å²) in [5, 5.41) is 19.2. The van der Waals surface area contributed by atoms with Crippen LogP contribution in [0.25, 0.3) is 55.0 Å². The molecule has 6 heterocycles. The first-order chi connectivity index (χ1) is 28.4. The molecule has 63 heavy (non-hydrogen) atoms. The predicted molar refractivity (Wildman–Crippen MR) is 227 cm³/mol. The maximum Gasteiger partial charge on any atom is 2.00 e. The Balaban J connectivity index is 0.000000391. The molecule has 0 N–H and O–H groups in total. The van der Waals surface area contributed by atoms with E-state index in [1.807, 2.05) is 48.5 Å². The average Bonchev–Trinajstić information content (AvgIpc) is 3.17. The molecule has 8 aromatic rings. The van der Waals surface area contributed by atoms with Crippen LogP contribution in [0.3, 0.4) is 0 Å². The van der Waals surface area contributed by atoms with Crippen LogP contribution >= 0.6 is 47.5 Å². The first kappa shape index (κ1) is 56.0. The number of fused-ring (bicyclic) bond motifs is 6. The molecule has 8 nitrogen and oxygen atoms in total. The number of hydrogen-bond acceptors (Lipinski definition) is 8. The molecule has 25 heteroatoms. The van der Waals surface area contributed by atoms with E-state index in [2.05, 4.69) is 110 Å². The second-order valence-electron chi connectivity index (χ2n) is 11.5. The third-order valence-electron chi connectivity index (χ3n) is 6.40. The molecular formula is C38H28Br2F12N8P2Ru. The molecular weight excluding hydrogens is 1120 g/mol. The van der Waals surface area contributed by atoms with E-state index in [1.165, 1.54) is 13.8 Å². The van der Waals surface area contributed by atoms with Crippen molar-refractivity contribution in [3.63, 3.8) is 0 Å². The Kier molecular flexibility index (Phi) is 19.2. The van der Waals surface area contributed by atoms with Gasteiger partial charge in [-0.2, -0.15) is 10.5 Å². The molecule has 0 bridgehead atoms. The molecule has 8 rings (SSSR count). The largest absolute Gasteiger partial charge is 2.00 e. The number of pyridine rings is 6. The van der Waals surface area contributed by atoms with Gasteiger partial charge in [0.1, 0.15) is 0 Å². The summed E-state index contributed by atoms with van der Waals surface area (Å²) in [5.74, 6) is 0. The van der Waals surface area contributed by atoms with Gasteiger partial charge in [-0.3, -0.25) is 29.9 Å². The molecule has 0 fully saturated rings. The quantitative estimate of drug-likeness (QED) is 0.0689. The number of nitrogens with zero attached hydrogens (tertiary/aromatic N) is 8. The minimum absolute atomic E-state index is 0. The fourth-order valence-corrected chi connectivity index (χ4v) is 5.12. The Morgan fingerprint density at radius 1 is 0.397 bits per heavy atom. The molecule has 0 aliphatic carbocycles. The van der Waals surface area contributed by atoms with Crippen molar-refractivity contribution in [2.45, 2.75) is 13.8 Å². The summed E-state index contributed by atoms with van der Waals surface area (Å²) in [5.41, 5.74) is 5.63. The van der Waals surface area contributed by atoms with Gasteiger partial charge in [-0.05, 0) is 48.5 Å². The summed E-state index contributed by atoms with van der Waals surface area (Å²) in [6.07, 6.45) is 10.7. The van der Waals surface area contributed by atoms with Crippen LogP contribution < -0.4 is 0 Å². The summed E-state index contributed by atoms with van der Waals surface area (Å²) in [4.78, 5) is 25.9. The number of hydrogen-bond donors (Lipinski definition) is 0. The van der Waals surface area contributed by atoms with Crippen molar-refractivity contribution < 1.29 is 69.8 Å². The number of rotatable bonds is 1. The van der Waals surface area contributed by atoms with Gasteiger partial charge in [-0.15, -0.1) is 0 Å². The van der Waals surface area contributed by atoms with E-state index >= 15 is 0 Å². The molecule has 0 atom stereocenters. The second kappa shape index (κ2) is 21.6. The maximum absolute atomic E-state index is 10.7.